The Morgan fingerprint density at radius 2 is 1.78 bits per heavy atom. The molecule has 3 aromatic rings. The fraction of sp³-hybridized carbons (Fsp3) is 0.278. The van der Waals surface area contributed by atoms with Gasteiger partial charge in [0.05, 0.1) is 37.4 Å². The van der Waals surface area contributed by atoms with Crippen molar-refractivity contribution in [3.05, 3.63) is 36.4 Å². The third-order valence-electron chi connectivity index (χ3n) is 4.35. The van der Waals surface area contributed by atoms with Crippen molar-refractivity contribution in [1.82, 2.24) is 10.3 Å². The number of benzene rings is 2. The molecule has 1 aromatic heterocycles. The number of para-hydroxylation sites is 2. The van der Waals surface area contributed by atoms with Crippen molar-refractivity contribution in [3.63, 3.8) is 0 Å². The number of hydrogen-bond acceptors (Lipinski definition) is 7. The molecule has 1 aliphatic heterocycles. The molecule has 2 N–H and O–H groups in total. The van der Waals surface area contributed by atoms with Crippen LogP contribution in [0.15, 0.2) is 41.0 Å². The van der Waals surface area contributed by atoms with E-state index in [9.17, 15) is 0 Å². The summed E-state index contributed by atoms with van der Waals surface area (Å²) in [5, 5.41) is 14.8. The fourth-order valence-corrected chi connectivity index (χ4v) is 3.26. The number of methoxy groups -OCH3 is 1. The lowest BCUT2D eigenvalue weighted by Gasteiger charge is -2.28. The van der Waals surface area contributed by atoms with E-state index >= 15 is 0 Å². The van der Waals surface area contributed by atoms with Crippen LogP contribution in [0.2, 0.25) is 0 Å². The molecule has 0 atom stereocenters. The monoisotopic (exact) mass is 385 g/mol. The first-order chi connectivity index (χ1) is 13.3. The predicted molar refractivity (Wildman–Crippen MR) is 108 cm³/mol. The fourth-order valence-electron chi connectivity index (χ4n) is 3.04. The SMILES string of the molecule is COc1ccccc1NC(=S)Nc1ccc(N2CCOCC2)c2nonc12. The number of rotatable bonds is 4. The van der Waals surface area contributed by atoms with Gasteiger partial charge in [-0.2, -0.15) is 0 Å². The molecule has 0 spiro atoms. The van der Waals surface area contributed by atoms with Gasteiger partial charge in [0.1, 0.15) is 5.75 Å². The lowest BCUT2D eigenvalue weighted by Crippen LogP contribution is -2.36. The van der Waals surface area contributed by atoms with Gasteiger partial charge in [-0.3, -0.25) is 0 Å². The Labute approximate surface area is 161 Å². The van der Waals surface area contributed by atoms with Crippen LogP contribution in [0.4, 0.5) is 17.1 Å². The van der Waals surface area contributed by atoms with Crippen LogP contribution in [-0.2, 0) is 4.74 Å². The average molecular weight is 385 g/mol. The van der Waals surface area contributed by atoms with Crippen molar-refractivity contribution in [2.24, 2.45) is 0 Å². The Morgan fingerprint density at radius 1 is 1.04 bits per heavy atom. The minimum absolute atomic E-state index is 0.419. The summed E-state index contributed by atoms with van der Waals surface area (Å²) < 4.78 is 15.7. The summed E-state index contributed by atoms with van der Waals surface area (Å²) in [6, 6.07) is 11.5. The minimum atomic E-state index is 0.419. The van der Waals surface area contributed by atoms with Gasteiger partial charge < -0.3 is 25.0 Å². The summed E-state index contributed by atoms with van der Waals surface area (Å²) in [6.07, 6.45) is 0. The molecule has 0 radical (unpaired) electrons. The van der Waals surface area contributed by atoms with Gasteiger partial charge >= 0.3 is 0 Å². The van der Waals surface area contributed by atoms with Crippen molar-refractivity contribution in [2.45, 2.75) is 0 Å². The number of fused-ring (bicyclic) bond motifs is 1. The molecule has 1 aliphatic rings. The molecule has 4 rings (SSSR count). The summed E-state index contributed by atoms with van der Waals surface area (Å²) in [4.78, 5) is 2.21. The Morgan fingerprint density at radius 3 is 2.59 bits per heavy atom. The van der Waals surface area contributed by atoms with E-state index in [2.05, 4.69) is 25.8 Å². The number of aromatic nitrogens is 2. The lowest BCUT2D eigenvalue weighted by molar-refractivity contribution is 0.123. The van der Waals surface area contributed by atoms with Gasteiger partial charge in [0.25, 0.3) is 0 Å². The third kappa shape index (κ3) is 3.64. The first-order valence-electron chi connectivity index (χ1n) is 8.55. The Balaban J connectivity index is 1.55. The largest absolute Gasteiger partial charge is 0.495 e. The van der Waals surface area contributed by atoms with E-state index in [1.165, 1.54) is 0 Å². The number of thiocarbonyl (C=S) groups is 1. The highest BCUT2D eigenvalue weighted by Crippen LogP contribution is 2.31. The van der Waals surface area contributed by atoms with Crippen LogP contribution in [-0.4, -0.2) is 48.8 Å². The standard InChI is InChI=1S/C18H19N5O3S/c1-24-15-5-3-2-4-12(15)19-18(27)20-13-6-7-14(17-16(13)21-26-22-17)23-8-10-25-11-9-23/h2-7H,8-11H2,1H3,(H2,19,20,27). The van der Waals surface area contributed by atoms with Crippen LogP contribution in [0, 0.1) is 0 Å². The molecule has 0 unspecified atom stereocenters. The molecule has 1 fully saturated rings. The highest BCUT2D eigenvalue weighted by molar-refractivity contribution is 7.80. The molecule has 0 amide bonds. The molecular weight excluding hydrogens is 366 g/mol. The third-order valence-corrected chi connectivity index (χ3v) is 4.55. The van der Waals surface area contributed by atoms with E-state index in [-0.39, 0.29) is 0 Å². The first kappa shape index (κ1) is 17.5. The molecular formula is C18H19N5O3S. The van der Waals surface area contributed by atoms with E-state index in [0.29, 0.717) is 35.1 Å². The van der Waals surface area contributed by atoms with Crippen LogP contribution in [0.25, 0.3) is 11.0 Å². The maximum atomic E-state index is 5.44. The van der Waals surface area contributed by atoms with E-state index in [1.807, 2.05) is 36.4 Å². The van der Waals surface area contributed by atoms with Crippen molar-refractivity contribution in [2.75, 3.05) is 48.9 Å². The van der Waals surface area contributed by atoms with Crippen LogP contribution < -0.4 is 20.3 Å². The average Bonchev–Trinajstić information content (AvgIpc) is 3.19. The molecule has 2 aromatic carbocycles. The van der Waals surface area contributed by atoms with E-state index in [0.717, 1.165) is 30.2 Å². The lowest BCUT2D eigenvalue weighted by atomic mass is 10.2. The van der Waals surface area contributed by atoms with Gasteiger partial charge in [-0.25, -0.2) is 4.63 Å². The van der Waals surface area contributed by atoms with Crippen LogP contribution >= 0.6 is 12.2 Å². The molecule has 0 bridgehead atoms. The van der Waals surface area contributed by atoms with Crippen molar-refractivity contribution >= 4 is 45.4 Å². The van der Waals surface area contributed by atoms with Gasteiger partial charge in [-0.1, -0.05) is 12.1 Å². The summed E-state index contributed by atoms with van der Waals surface area (Å²) >= 11 is 5.44. The van der Waals surface area contributed by atoms with Crippen molar-refractivity contribution in [3.8, 4) is 5.75 Å². The van der Waals surface area contributed by atoms with Gasteiger partial charge in [0.15, 0.2) is 16.1 Å². The number of hydrogen-bond donors (Lipinski definition) is 2. The van der Waals surface area contributed by atoms with Crippen molar-refractivity contribution in [1.29, 1.82) is 0 Å². The number of ether oxygens (including phenoxy) is 2. The van der Waals surface area contributed by atoms with Crippen LogP contribution in [0.5, 0.6) is 5.75 Å². The zero-order chi connectivity index (χ0) is 18.6. The highest BCUT2D eigenvalue weighted by atomic mass is 32.1. The normalized spacial score (nSPS) is 14.2. The number of anilines is 3. The van der Waals surface area contributed by atoms with Gasteiger partial charge in [-0.05, 0) is 46.8 Å². The topological polar surface area (TPSA) is 84.7 Å². The molecule has 140 valence electrons. The van der Waals surface area contributed by atoms with Crippen molar-refractivity contribution < 1.29 is 14.1 Å². The number of morpholine rings is 1. The van der Waals surface area contributed by atoms with Gasteiger partial charge in [-0.15, -0.1) is 0 Å². The summed E-state index contributed by atoms with van der Waals surface area (Å²) in [5.41, 5.74) is 3.79. The highest BCUT2D eigenvalue weighted by Gasteiger charge is 2.19. The predicted octanol–water partition coefficient (Wildman–Crippen LogP) is 2.88. The maximum absolute atomic E-state index is 5.44. The van der Waals surface area contributed by atoms with E-state index < -0.39 is 0 Å². The molecule has 0 saturated carbocycles. The van der Waals surface area contributed by atoms with Gasteiger partial charge in [0.2, 0.25) is 0 Å². The number of nitrogens with zero attached hydrogens (tertiary/aromatic N) is 3. The Bertz CT molecular complexity index is 955. The maximum Gasteiger partial charge on any atom is 0.175 e. The quantitative estimate of drug-likeness (QED) is 0.659. The number of nitrogens with one attached hydrogen (secondary N) is 2. The smallest absolute Gasteiger partial charge is 0.175 e. The summed E-state index contributed by atoms with van der Waals surface area (Å²) in [7, 11) is 1.62. The summed E-state index contributed by atoms with van der Waals surface area (Å²) in [6.45, 7) is 3.00. The Kier molecular flexibility index (Phi) is 5.03. The molecule has 2 heterocycles. The van der Waals surface area contributed by atoms with Crippen LogP contribution in [0.1, 0.15) is 0 Å². The second-order valence-electron chi connectivity index (χ2n) is 5.97. The summed E-state index contributed by atoms with van der Waals surface area (Å²) in [5.74, 6) is 0.706. The zero-order valence-electron chi connectivity index (χ0n) is 14.8. The minimum Gasteiger partial charge on any atom is -0.495 e. The molecule has 9 heteroatoms. The molecule has 27 heavy (non-hydrogen) atoms. The second kappa shape index (κ2) is 7.77. The first-order valence-corrected chi connectivity index (χ1v) is 8.96. The van der Waals surface area contributed by atoms with Gasteiger partial charge in [0, 0.05) is 13.1 Å². The molecule has 8 nitrogen and oxygen atoms in total. The van der Waals surface area contributed by atoms with E-state index in [4.69, 9.17) is 26.3 Å². The van der Waals surface area contributed by atoms with Crippen LogP contribution in [0.3, 0.4) is 0 Å². The second-order valence-corrected chi connectivity index (χ2v) is 6.38. The van der Waals surface area contributed by atoms with E-state index in [1.54, 1.807) is 7.11 Å². The molecule has 1 saturated heterocycles. The zero-order valence-corrected chi connectivity index (χ0v) is 15.6. The Hall–Kier alpha value is -2.91. The molecule has 0 aliphatic carbocycles.